The molecule has 0 saturated carbocycles. The highest BCUT2D eigenvalue weighted by molar-refractivity contribution is 5.88. The highest BCUT2D eigenvalue weighted by atomic mass is 16.5. The number of carbonyl (C=O) groups excluding carboxylic acids is 3. The maximum Gasteiger partial charge on any atom is 0.303 e. The molecule has 0 aromatic heterocycles. The summed E-state index contributed by atoms with van der Waals surface area (Å²) in [4.78, 5) is 34.2. The van der Waals surface area contributed by atoms with Crippen LogP contribution in [-0.2, 0) is 32.1 Å². The third-order valence-electron chi connectivity index (χ3n) is 3.67. The summed E-state index contributed by atoms with van der Waals surface area (Å²) in [7, 11) is 0. The molecule has 2 aromatic carbocycles. The highest BCUT2D eigenvalue weighted by Crippen LogP contribution is 2.16. The van der Waals surface area contributed by atoms with E-state index in [4.69, 9.17) is 10.5 Å². The van der Waals surface area contributed by atoms with Gasteiger partial charge in [-0.25, -0.2) is 0 Å². The number of hydrogen-bond donors (Lipinski definition) is 2. The standard InChI is InChI=1S/C20H22N2O5/c1-14(23)26-13-19(24)22-18(20(21)25)11-16-8-5-9-17(10-16)27-12-15-6-3-2-4-7-15/h2-10,18H,11-13H2,1H3,(H2,21,25)(H,22,24)/t18-/m0/s1. The molecule has 0 heterocycles. The van der Waals surface area contributed by atoms with Crippen LogP contribution in [0.5, 0.6) is 5.75 Å². The van der Waals surface area contributed by atoms with E-state index in [0.717, 1.165) is 11.1 Å². The summed E-state index contributed by atoms with van der Waals surface area (Å²) in [6, 6.07) is 16.0. The number of rotatable bonds is 9. The summed E-state index contributed by atoms with van der Waals surface area (Å²) in [5.74, 6) is -1.21. The smallest absolute Gasteiger partial charge is 0.303 e. The molecule has 0 aliphatic heterocycles. The largest absolute Gasteiger partial charge is 0.489 e. The van der Waals surface area contributed by atoms with Crippen molar-refractivity contribution >= 4 is 17.8 Å². The minimum Gasteiger partial charge on any atom is -0.489 e. The number of primary amides is 1. The quantitative estimate of drug-likeness (QED) is 0.648. The van der Waals surface area contributed by atoms with E-state index >= 15 is 0 Å². The van der Waals surface area contributed by atoms with Crippen LogP contribution in [-0.4, -0.2) is 30.4 Å². The molecule has 2 aromatic rings. The van der Waals surface area contributed by atoms with Gasteiger partial charge in [0.25, 0.3) is 5.91 Å². The van der Waals surface area contributed by atoms with E-state index in [1.54, 1.807) is 12.1 Å². The van der Waals surface area contributed by atoms with Crippen LogP contribution < -0.4 is 15.8 Å². The third kappa shape index (κ3) is 7.19. The molecular formula is C20H22N2O5. The Balaban J connectivity index is 1.96. The van der Waals surface area contributed by atoms with E-state index in [1.165, 1.54) is 6.92 Å². The number of benzene rings is 2. The zero-order valence-electron chi connectivity index (χ0n) is 15.0. The summed E-state index contributed by atoms with van der Waals surface area (Å²) < 4.78 is 10.4. The number of amides is 2. The first-order chi connectivity index (χ1) is 12.9. The lowest BCUT2D eigenvalue weighted by Gasteiger charge is -2.16. The molecule has 0 bridgehead atoms. The first kappa shape index (κ1) is 20.0. The first-order valence-electron chi connectivity index (χ1n) is 8.41. The van der Waals surface area contributed by atoms with E-state index < -0.39 is 30.4 Å². The highest BCUT2D eigenvalue weighted by Gasteiger charge is 2.19. The van der Waals surface area contributed by atoms with E-state index in [9.17, 15) is 14.4 Å². The molecule has 2 rings (SSSR count). The topological polar surface area (TPSA) is 108 Å². The fraction of sp³-hybridized carbons (Fsp3) is 0.250. The van der Waals surface area contributed by atoms with Gasteiger partial charge in [0.05, 0.1) is 0 Å². The van der Waals surface area contributed by atoms with E-state index in [-0.39, 0.29) is 6.42 Å². The fourth-order valence-corrected chi connectivity index (χ4v) is 2.36. The maximum atomic E-state index is 11.8. The van der Waals surface area contributed by atoms with Crippen LogP contribution in [0.3, 0.4) is 0 Å². The number of nitrogens with one attached hydrogen (secondary N) is 1. The second-order valence-electron chi connectivity index (χ2n) is 5.93. The van der Waals surface area contributed by atoms with Crippen molar-refractivity contribution in [2.75, 3.05) is 6.61 Å². The van der Waals surface area contributed by atoms with Gasteiger partial charge in [0.1, 0.15) is 18.4 Å². The zero-order valence-corrected chi connectivity index (χ0v) is 15.0. The summed E-state index contributed by atoms with van der Waals surface area (Å²) >= 11 is 0. The van der Waals surface area contributed by atoms with Gasteiger partial charge in [0, 0.05) is 13.3 Å². The summed E-state index contributed by atoms with van der Waals surface area (Å²) in [6.45, 7) is 1.15. The molecule has 0 spiro atoms. The van der Waals surface area contributed by atoms with Crippen molar-refractivity contribution in [3.05, 3.63) is 65.7 Å². The molecule has 142 valence electrons. The summed E-state index contributed by atoms with van der Waals surface area (Å²) in [5, 5.41) is 2.47. The number of nitrogens with two attached hydrogens (primary N) is 1. The monoisotopic (exact) mass is 370 g/mol. The van der Waals surface area contributed by atoms with E-state index in [1.807, 2.05) is 42.5 Å². The van der Waals surface area contributed by atoms with Crippen molar-refractivity contribution in [1.29, 1.82) is 0 Å². The molecule has 7 nitrogen and oxygen atoms in total. The Morgan fingerprint density at radius 2 is 1.74 bits per heavy atom. The van der Waals surface area contributed by atoms with Gasteiger partial charge < -0.3 is 20.5 Å². The van der Waals surface area contributed by atoms with Crippen molar-refractivity contribution in [3.63, 3.8) is 0 Å². The van der Waals surface area contributed by atoms with Gasteiger partial charge in [-0.05, 0) is 23.3 Å². The van der Waals surface area contributed by atoms with E-state index in [0.29, 0.717) is 12.4 Å². The predicted molar refractivity (Wildman–Crippen MR) is 98.7 cm³/mol. The number of carbonyl (C=O) groups is 3. The van der Waals surface area contributed by atoms with Gasteiger partial charge in [-0.15, -0.1) is 0 Å². The normalized spacial score (nSPS) is 11.3. The molecule has 0 aliphatic carbocycles. The molecular weight excluding hydrogens is 348 g/mol. The lowest BCUT2D eigenvalue weighted by Crippen LogP contribution is -2.47. The van der Waals surface area contributed by atoms with Gasteiger partial charge in [0.15, 0.2) is 6.61 Å². The van der Waals surface area contributed by atoms with Crippen LogP contribution in [0.25, 0.3) is 0 Å². The van der Waals surface area contributed by atoms with Gasteiger partial charge in [-0.2, -0.15) is 0 Å². The Morgan fingerprint density at radius 3 is 2.41 bits per heavy atom. The van der Waals surface area contributed by atoms with Crippen LogP contribution in [0.2, 0.25) is 0 Å². The third-order valence-corrected chi connectivity index (χ3v) is 3.67. The summed E-state index contributed by atoms with van der Waals surface area (Å²) in [5.41, 5.74) is 7.18. The summed E-state index contributed by atoms with van der Waals surface area (Å²) in [6.07, 6.45) is 0.198. The lowest BCUT2D eigenvalue weighted by atomic mass is 10.1. The molecule has 2 amide bonds. The molecule has 27 heavy (non-hydrogen) atoms. The minimum atomic E-state index is -0.919. The Kier molecular flexibility index (Phi) is 7.37. The van der Waals surface area contributed by atoms with Crippen molar-refractivity contribution in [1.82, 2.24) is 5.32 Å². The lowest BCUT2D eigenvalue weighted by molar-refractivity contribution is -0.146. The van der Waals surface area contributed by atoms with Crippen LogP contribution in [0.1, 0.15) is 18.1 Å². The Hall–Kier alpha value is -3.35. The predicted octanol–water partition coefficient (Wildman–Crippen LogP) is 1.34. The van der Waals surface area contributed by atoms with Crippen molar-refractivity contribution in [2.45, 2.75) is 26.0 Å². The number of ether oxygens (including phenoxy) is 2. The maximum absolute atomic E-state index is 11.8. The van der Waals surface area contributed by atoms with Crippen LogP contribution in [0, 0.1) is 0 Å². The Labute approximate surface area is 157 Å². The van der Waals surface area contributed by atoms with E-state index in [2.05, 4.69) is 10.1 Å². The molecule has 0 unspecified atom stereocenters. The minimum absolute atomic E-state index is 0.198. The molecule has 0 saturated heterocycles. The molecule has 1 atom stereocenters. The van der Waals surface area contributed by atoms with Crippen molar-refractivity contribution < 1.29 is 23.9 Å². The van der Waals surface area contributed by atoms with Crippen LogP contribution in [0.15, 0.2) is 54.6 Å². The zero-order chi connectivity index (χ0) is 19.6. The SMILES string of the molecule is CC(=O)OCC(=O)N[C@@H](Cc1cccc(OCc2ccccc2)c1)C(N)=O. The van der Waals surface area contributed by atoms with Crippen molar-refractivity contribution in [2.24, 2.45) is 5.73 Å². The molecule has 0 aliphatic rings. The number of esters is 1. The van der Waals surface area contributed by atoms with Gasteiger partial charge in [-0.1, -0.05) is 42.5 Å². The average molecular weight is 370 g/mol. The van der Waals surface area contributed by atoms with Crippen molar-refractivity contribution in [3.8, 4) is 5.75 Å². The average Bonchev–Trinajstić information content (AvgIpc) is 2.65. The molecule has 0 fully saturated rings. The second kappa shape index (κ2) is 9.96. The van der Waals surface area contributed by atoms with Gasteiger partial charge in [-0.3, -0.25) is 14.4 Å². The Morgan fingerprint density at radius 1 is 1.04 bits per heavy atom. The molecule has 0 radical (unpaired) electrons. The molecule has 7 heteroatoms. The van der Waals surface area contributed by atoms with Crippen LogP contribution in [0.4, 0.5) is 0 Å². The fourth-order valence-electron chi connectivity index (χ4n) is 2.36. The first-order valence-corrected chi connectivity index (χ1v) is 8.41. The number of hydrogen-bond acceptors (Lipinski definition) is 5. The Bertz CT molecular complexity index is 792. The van der Waals surface area contributed by atoms with Crippen LogP contribution >= 0.6 is 0 Å². The second-order valence-corrected chi connectivity index (χ2v) is 5.93. The molecule has 3 N–H and O–H groups in total. The van der Waals surface area contributed by atoms with Gasteiger partial charge in [0.2, 0.25) is 5.91 Å². The van der Waals surface area contributed by atoms with Gasteiger partial charge >= 0.3 is 5.97 Å².